The zero-order valence-electron chi connectivity index (χ0n) is 11.0. The van der Waals surface area contributed by atoms with Gasteiger partial charge >= 0.3 is 5.97 Å². The third-order valence-electron chi connectivity index (χ3n) is 2.80. The van der Waals surface area contributed by atoms with Crippen molar-refractivity contribution in [2.24, 2.45) is 0 Å². The molecule has 0 heterocycles. The van der Waals surface area contributed by atoms with E-state index < -0.39 is 5.97 Å². The van der Waals surface area contributed by atoms with Crippen LogP contribution in [-0.4, -0.2) is 17.7 Å². The van der Waals surface area contributed by atoms with E-state index >= 15 is 0 Å². The van der Waals surface area contributed by atoms with Crippen LogP contribution < -0.4 is 4.74 Å². The summed E-state index contributed by atoms with van der Waals surface area (Å²) in [5, 5.41) is 8.53. The van der Waals surface area contributed by atoms with Crippen molar-refractivity contribution in [1.29, 1.82) is 0 Å². The van der Waals surface area contributed by atoms with Gasteiger partial charge in [-0.25, -0.2) is 0 Å². The molecule has 0 aliphatic heterocycles. The number of carbonyl (C=O) groups is 1. The predicted molar refractivity (Wildman–Crippen MR) is 72.0 cm³/mol. The van der Waals surface area contributed by atoms with Crippen molar-refractivity contribution in [2.75, 3.05) is 6.61 Å². The summed E-state index contributed by atoms with van der Waals surface area (Å²) in [5.41, 5.74) is 1.24. The molecule has 0 spiro atoms. The summed E-state index contributed by atoms with van der Waals surface area (Å²) in [6.07, 6.45) is 5.08. The summed E-state index contributed by atoms with van der Waals surface area (Å²) < 4.78 is 5.58. The predicted octanol–water partition coefficient (Wildman–Crippen LogP) is 3.66. The summed E-state index contributed by atoms with van der Waals surface area (Å²) in [7, 11) is 0. The SMILES string of the molecule is CCCCOc1ccc(CCCCC(=O)O)cc1. The zero-order valence-corrected chi connectivity index (χ0v) is 11.0. The molecule has 0 radical (unpaired) electrons. The molecule has 0 saturated carbocycles. The Morgan fingerprint density at radius 1 is 1.17 bits per heavy atom. The Balaban J connectivity index is 2.25. The molecule has 0 aromatic heterocycles. The number of hydrogen-bond acceptors (Lipinski definition) is 2. The van der Waals surface area contributed by atoms with E-state index in [0.29, 0.717) is 0 Å². The fourth-order valence-corrected chi connectivity index (χ4v) is 1.69. The smallest absolute Gasteiger partial charge is 0.303 e. The van der Waals surface area contributed by atoms with Crippen LogP contribution in [0.25, 0.3) is 0 Å². The highest BCUT2D eigenvalue weighted by atomic mass is 16.5. The van der Waals surface area contributed by atoms with Gasteiger partial charge in [-0.3, -0.25) is 4.79 Å². The van der Waals surface area contributed by atoms with E-state index in [1.807, 2.05) is 12.1 Å². The quantitative estimate of drug-likeness (QED) is 0.680. The molecule has 3 nitrogen and oxygen atoms in total. The van der Waals surface area contributed by atoms with E-state index in [0.717, 1.165) is 44.5 Å². The first-order valence-electron chi connectivity index (χ1n) is 6.66. The van der Waals surface area contributed by atoms with Crippen LogP contribution in [0, 0.1) is 0 Å². The van der Waals surface area contributed by atoms with Gasteiger partial charge in [0.15, 0.2) is 0 Å². The standard InChI is InChI=1S/C15H22O3/c1-2-3-12-18-14-10-8-13(9-11-14)6-4-5-7-15(16)17/h8-11H,2-7,12H2,1H3,(H,16,17). The average Bonchev–Trinajstić information content (AvgIpc) is 2.36. The van der Waals surface area contributed by atoms with Gasteiger partial charge in [-0.1, -0.05) is 25.5 Å². The molecule has 0 saturated heterocycles. The van der Waals surface area contributed by atoms with Gasteiger partial charge in [0.05, 0.1) is 6.61 Å². The molecule has 0 atom stereocenters. The lowest BCUT2D eigenvalue weighted by Gasteiger charge is -2.06. The Morgan fingerprint density at radius 3 is 2.50 bits per heavy atom. The Bertz CT molecular complexity index is 343. The van der Waals surface area contributed by atoms with Crippen molar-refractivity contribution in [1.82, 2.24) is 0 Å². The summed E-state index contributed by atoms with van der Waals surface area (Å²) in [5.74, 6) is 0.201. The van der Waals surface area contributed by atoms with Crippen LogP contribution in [0.1, 0.15) is 44.6 Å². The Hall–Kier alpha value is -1.51. The number of aryl methyl sites for hydroxylation is 1. The van der Waals surface area contributed by atoms with Gasteiger partial charge in [0.2, 0.25) is 0 Å². The Labute approximate surface area is 109 Å². The monoisotopic (exact) mass is 250 g/mol. The lowest BCUT2D eigenvalue weighted by Crippen LogP contribution is -1.97. The molecule has 0 bridgehead atoms. The number of ether oxygens (including phenoxy) is 1. The van der Waals surface area contributed by atoms with E-state index in [4.69, 9.17) is 9.84 Å². The van der Waals surface area contributed by atoms with Gasteiger partial charge in [0, 0.05) is 6.42 Å². The van der Waals surface area contributed by atoms with Crippen molar-refractivity contribution in [2.45, 2.75) is 45.4 Å². The van der Waals surface area contributed by atoms with Crippen LogP contribution in [0.3, 0.4) is 0 Å². The maximum Gasteiger partial charge on any atom is 0.303 e. The van der Waals surface area contributed by atoms with Crippen LogP contribution in [0.2, 0.25) is 0 Å². The highest BCUT2D eigenvalue weighted by Crippen LogP contribution is 2.14. The van der Waals surface area contributed by atoms with Crippen LogP contribution in [0.4, 0.5) is 0 Å². The van der Waals surface area contributed by atoms with E-state index in [1.54, 1.807) is 0 Å². The molecule has 3 heteroatoms. The number of aliphatic carboxylic acids is 1. The lowest BCUT2D eigenvalue weighted by molar-refractivity contribution is -0.137. The maximum atomic E-state index is 10.4. The number of carboxylic acid groups (broad SMARTS) is 1. The number of hydrogen-bond donors (Lipinski definition) is 1. The number of rotatable bonds is 9. The second-order valence-corrected chi connectivity index (χ2v) is 4.45. The fraction of sp³-hybridized carbons (Fsp3) is 0.533. The molecule has 18 heavy (non-hydrogen) atoms. The minimum Gasteiger partial charge on any atom is -0.494 e. The third-order valence-corrected chi connectivity index (χ3v) is 2.80. The van der Waals surface area contributed by atoms with Gasteiger partial charge in [0.25, 0.3) is 0 Å². The van der Waals surface area contributed by atoms with Gasteiger partial charge in [-0.15, -0.1) is 0 Å². The minimum atomic E-state index is -0.713. The molecule has 1 aromatic rings. The van der Waals surface area contributed by atoms with Crippen molar-refractivity contribution >= 4 is 5.97 Å². The van der Waals surface area contributed by atoms with Crippen LogP contribution in [-0.2, 0) is 11.2 Å². The largest absolute Gasteiger partial charge is 0.494 e. The highest BCUT2D eigenvalue weighted by molar-refractivity contribution is 5.66. The molecular formula is C15H22O3. The summed E-state index contributed by atoms with van der Waals surface area (Å²) >= 11 is 0. The molecule has 0 amide bonds. The van der Waals surface area contributed by atoms with Gasteiger partial charge in [-0.2, -0.15) is 0 Å². The molecule has 0 fully saturated rings. The van der Waals surface area contributed by atoms with Crippen molar-refractivity contribution in [3.63, 3.8) is 0 Å². The molecule has 1 N–H and O–H groups in total. The molecule has 0 aliphatic carbocycles. The molecule has 1 aromatic carbocycles. The molecule has 100 valence electrons. The normalized spacial score (nSPS) is 10.3. The van der Waals surface area contributed by atoms with Gasteiger partial charge in [-0.05, 0) is 43.4 Å². The van der Waals surface area contributed by atoms with E-state index in [-0.39, 0.29) is 6.42 Å². The van der Waals surface area contributed by atoms with Crippen LogP contribution in [0.15, 0.2) is 24.3 Å². The van der Waals surface area contributed by atoms with Crippen LogP contribution in [0.5, 0.6) is 5.75 Å². The second kappa shape index (κ2) is 8.56. The summed E-state index contributed by atoms with van der Waals surface area (Å²) in [6, 6.07) is 8.09. The summed E-state index contributed by atoms with van der Waals surface area (Å²) in [6.45, 7) is 2.91. The second-order valence-electron chi connectivity index (χ2n) is 4.45. The topological polar surface area (TPSA) is 46.5 Å². The molecule has 1 rings (SSSR count). The molecular weight excluding hydrogens is 228 g/mol. The Kier molecular flexibility index (Phi) is 6.92. The highest BCUT2D eigenvalue weighted by Gasteiger charge is 1.99. The van der Waals surface area contributed by atoms with E-state index in [1.165, 1.54) is 5.56 Å². The third kappa shape index (κ3) is 6.28. The van der Waals surface area contributed by atoms with Crippen LogP contribution >= 0.6 is 0 Å². The number of carboxylic acids is 1. The maximum absolute atomic E-state index is 10.4. The first-order valence-corrected chi connectivity index (χ1v) is 6.66. The zero-order chi connectivity index (χ0) is 13.2. The number of unbranched alkanes of at least 4 members (excludes halogenated alkanes) is 2. The van der Waals surface area contributed by atoms with E-state index in [9.17, 15) is 4.79 Å². The van der Waals surface area contributed by atoms with Crippen molar-refractivity contribution in [3.8, 4) is 5.75 Å². The van der Waals surface area contributed by atoms with Gasteiger partial charge < -0.3 is 9.84 Å². The van der Waals surface area contributed by atoms with E-state index in [2.05, 4.69) is 19.1 Å². The van der Waals surface area contributed by atoms with Crippen molar-refractivity contribution < 1.29 is 14.6 Å². The van der Waals surface area contributed by atoms with Gasteiger partial charge in [0.1, 0.15) is 5.75 Å². The molecule has 0 unspecified atom stereocenters. The summed E-state index contributed by atoms with van der Waals surface area (Å²) in [4.78, 5) is 10.4. The Morgan fingerprint density at radius 2 is 1.89 bits per heavy atom. The first-order chi connectivity index (χ1) is 8.72. The lowest BCUT2D eigenvalue weighted by atomic mass is 10.1. The fourth-order valence-electron chi connectivity index (χ4n) is 1.69. The van der Waals surface area contributed by atoms with Crippen molar-refractivity contribution in [3.05, 3.63) is 29.8 Å². The molecule has 0 aliphatic rings. The first kappa shape index (κ1) is 14.6. The number of benzene rings is 1. The average molecular weight is 250 g/mol. The minimum absolute atomic E-state index is 0.262.